The molecule has 2 fully saturated rings. The van der Waals surface area contributed by atoms with Gasteiger partial charge in [-0.15, -0.1) is 0 Å². The smallest absolute Gasteiger partial charge is 0.140 e. The molecule has 2 rings (SSSR count). The van der Waals surface area contributed by atoms with Crippen LogP contribution in [0.4, 0.5) is 0 Å². The predicted molar refractivity (Wildman–Crippen MR) is 66.4 cm³/mol. The van der Waals surface area contributed by atoms with Crippen LogP contribution in [-0.2, 0) is 4.79 Å². The Morgan fingerprint density at radius 2 is 2.00 bits per heavy atom. The molecular weight excluding hydrogens is 198 g/mol. The lowest BCUT2D eigenvalue weighted by Crippen LogP contribution is -2.44. The molecule has 2 aliphatic rings. The average molecular weight is 223 g/mol. The average Bonchev–Trinajstić information content (AvgIpc) is 2.31. The van der Waals surface area contributed by atoms with Crippen molar-refractivity contribution in [3.8, 4) is 0 Å². The Kier molecular flexibility index (Phi) is 4.01. The summed E-state index contributed by atoms with van der Waals surface area (Å²) in [6, 6.07) is 0. The fourth-order valence-corrected chi connectivity index (χ4v) is 3.19. The molecule has 1 saturated carbocycles. The number of rotatable bonds is 3. The van der Waals surface area contributed by atoms with Gasteiger partial charge >= 0.3 is 0 Å². The molecule has 2 nitrogen and oxygen atoms in total. The Labute approximate surface area is 99.2 Å². The van der Waals surface area contributed by atoms with Crippen LogP contribution in [-0.4, -0.2) is 18.9 Å². The first kappa shape index (κ1) is 12.1. The van der Waals surface area contributed by atoms with E-state index in [1.54, 1.807) is 0 Å². The fraction of sp³-hybridized carbons (Fsp3) is 0.929. The van der Waals surface area contributed by atoms with Crippen molar-refractivity contribution in [3.63, 3.8) is 0 Å². The van der Waals surface area contributed by atoms with Crippen LogP contribution < -0.4 is 5.32 Å². The molecule has 1 atom stereocenters. The lowest BCUT2D eigenvalue weighted by atomic mass is 9.74. The Balaban J connectivity index is 1.85. The summed E-state index contributed by atoms with van der Waals surface area (Å²) in [6.45, 7) is 4.15. The molecule has 0 radical (unpaired) electrons. The van der Waals surface area contributed by atoms with Gasteiger partial charge in [0.05, 0.1) is 0 Å². The maximum atomic E-state index is 12.3. The monoisotopic (exact) mass is 223 g/mol. The van der Waals surface area contributed by atoms with Gasteiger partial charge in [0.15, 0.2) is 0 Å². The van der Waals surface area contributed by atoms with E-state index < -0.39 is 0 Å². The fourth-order valence-electron chi connectivity index (χ4n) is 3.19. The molecule has 0 spiro atoms. The first-order valence-electron chi connectivity index (χ1n) is 6.95. The minimum Gasteiger partial charge on any atom is -0.316 e. The number of Topliss-reactive ketones (excluding diaryl/α,β-unsaturated/α-hetero) is 1. The Bertz CT molecular complexity index is 237. The van der Waals surface area contributed by atoms with Gasteiger partial charge in [0.1, 0.15) is 5.78 Å². The topological polar surface area (TPSA) is 29.1 Å². The number of nitrogens with one attached hydrogen (secondary N) is 1. The summed E-state index contributed by atoms with van der Waals surface area (Å²) in [6.07, 6.45) is 9.73. The second-order valence-electron chi connectivity index (χ2n) is 5.97. The Hall–Kier alpha value is -0.370. The van der Waals surface area contributed by atoms with Crippen LogP contribution in [0.3, 0.4) is 0 Å². The van der Waals surface area contributed by atoms with Gasteiger partial charge in [-0.3, -0.25) is 4.79 Å². The third-order valence-corrected chi connectivity index (χ3v) is 4.47. The van der Waals surface area contributed by atoms with E-state index in [0.29, 0.717) is 11.7 Å². The van der Waals surface area contributed by atoms with Crippen molar-refractivity contribution in [2.75, 3.05) is 13.1 Å². The number of carbonyl (C=O) groups excluding carboxylic acids is 1. The molecule has 1 aliphatic carbocycles. The molecule has 2 heteroatoms. The SMILES string of the molecule is CC1(C(=O)CC2CCCCC2)CCCNC1. The molecule has 0 aromatic rings. The van der Waals surface area contributed by atoms with Gasteiger partial charge in [-0.1, -0.05) is 39.0 Å². The second-order valence-corrected chi connectivity index (χ2v) is 5.97. The second kappa shape index (κ2) is 5.31. The van der Waals surface area contributed by atoms with Crippen LogP contribution in [0.2, 0.25) is 0 Å². The van der Waals surface area contributed by atoms with Crippen LogP contribution >= 0.6 is 0 Å². The highest BCUT2D eigenvalue weighted by Crippen LogP contribution is 2.33. The summed E-state index contributed by atoms with van der Waals surface area (Å²) in [7, 11) is 0. The zero-order chi connectivity index (χ0) is 11.4. The highest BCUT2D eigenvalue weighted by molar-refractivity contribution is 5.85. The maximum Gasteiger partial charge on any atom is 0.140 e. The highest BCUT2D eigenvalue weighted by Gasteiger charge is 2.35. The zero-order valence-corrected chi connectivity index (χ0v) is 10.6. The number of ketones is 1. The molecule has 1 heterocycles. The van der Waals surface area contributed by atoms with E-state index in [4.69, 9.17) is 0 Å². The summed E-state index contributed by atoms with van der Waals surface area (Å²) in [4.78, 5) is 12.3. The number of hydrogen-bond acceptors (Lipinski definition) is 2. The van der Waals surface area contributed by atoms with E-state index >= 15 is 0 Å². The molecule has 1 saturated heterocycles. The van der Waals surface area contributed by atoms with Crippen molar-refractivity contribution < 1.29 is 4.79 Å². The van der Waals surface area contributed by atoms with E-state index in [1.165, 1.54) is 32.1 Å². The van der Waals surface area contributed by atoms with Crippen molar-refractivity contribution in [3.05, 3.63) is 0 Å². The molecule has 1 unspecified atom stereocenters. The van der Waals surface area contributed by atoms with E-state index in [1.807, 2.05) is 0 Å². The molecule has 0 amide bonds. The van der Waals surface area contributed by atoms with Crippen LogP contribution in [0.15, 0.2) is 0 Å². The van der Waals surface area contributed by atoms with Crippen LogP contribution in [0.25, 0.3) is 0 Å². The number of carbonyl (C=O) groups is 1. The van der Waals surface area contributed by atoms with E-state index in [2.05, 4.69) is 12.2 Å². The summed E-state index contributed by atoms with van der Waals surface area (Å²) in [5.74, 6) is 1.21. The Morgan fingerprint density at radius 3 is 2.62 bits per heavy atom. The lowest BCUT2D eigenvalue weighted by Gasteiger charge is -2.34. The minimum absolute atomic E-state index is 0.0598. The molecule has 0 bridgehead atoms. The molecular formula is C14H25NO. The van der Waals surface area contributed by atoms with Crippen molar-refractivity contribution in [2.45, 2.75) is 58.3 Å². The van der Waals surface area contributed by atoms with Gasteiger partial charge in [-0.25, -0.2) is 0 Å². The predicted octanol–water partition coefficient (Wildman–Crippen LogP) is 2.92. The molecule has 92 valence electrons. The van der Waals surface area contributed by atoms with Crippen LogP contribution in [0.5, 0.6) is 0 Å². The van der Waals surface area contributed by atoms with Gasteiger partial charge < -0.3 is 5.32 Å². The number of hydrogen-bond donors (Lipinski definition) is 1. The van der Waals surface area contributed by atoms with E-state index in [-0.39, 0.29) is 5.41 Å². The molecule has 16 heavy (non-hydrogen) atoms. The van der Waals surface area contributed by atoms with Gasteiger partial charge in [0, 0.05) is 18.4 Å². The maximum absolute atomic E-state index is 12.3. The standard InChI is InChI=1S/C14H25NO/c1-14(8-5-9-15-11-14)13(16)10-12-6-3-2-4-7-12/h12,15H,2-11H2,1H3. The third kappa shape index (κ3) is 2.85. The van der Waals surface area contributed by atoms with Crippen LogP contribution in [0.1, 0.15) is 58.3 Å². The van der Waals surface area contributed by atoms with Crippen molar-refractivity contribution in [2.24, 2.45) is 11.3 Å². The van der Waals surface area contributed by atoms with Crippen molar-refractivity contribution >= 4 is 5.78 Å². The van der Waals surface area contributed by atoms with Crippen molar-refractivity contribution in [1.82, 2.24) is 5.32 Å². The molecule has 0 aromatic heterocycles. The van der Waals surface area contributed by atoms with E-state index in [9.17, 15) is 4.79 Å². The summed E-state index contributed by atoms with van der Waals surface area (Å²) in [5, 5.41) is 3.37. The van der Waals surface area contributed by atoms with E-state index in [0.717, 1.165) is 32.4 Å². The largest absolute Gasteiger partial charge is 0.316 e. The van der Waals surface area contributed by atoms with Gasteiger partial charge in [0.2, 0.25) is 0 Å². The Morgan fingerprint density at radius 1 is 1.25 bits per heavy atom. The van der Waals surface area contributed by atoms with Gasteiger partial charge in [-0.05, 0) is 25.3 Å². The van der Waals surface area contributed by atoms with Crippen molar-refractivity contribution in [1.29, 1.82) is 0 Å². The van der Waals surface area contributed by atoms with Gasteiger partial charge in [0.25, 0.3) is 0 Å². The first-order chi connectivity index (χ1) is 7.71. The zero-order valence-electron chi connectivity index (χ0n) is 10.6. The highest BCUT2D eigenvalue weighted by atomic mass is 16.1. The third-order valence-electron chi connectivity index (χ3n) is 4.47. The molecule has 0 aromatic carbocycles. The number of piperidine rings is 1. The molecule has 1 N–H and O–H groups in total. The van der Waals surface area contributed by atoms with Gasteiger partial charge in [-0.2, -0.15) is 0 Å². The van der Waals surface area contributed by atoms with Crippen LogP contribution in [0, 0.1) is 11.3 Å². The first-order valence-corrected chi connectivity index (χ1v) is 6.95. The molecule has 1 aliphatic heterocycles. The normalized spacial score (nSPS) is 32.6. The summed E-state index contributed by atoms with van der Waals surface area (Å²) >= 11 is 0. The lowest BCUT2D eigenvalue weighted by molar-refractivity contribution is -0.130. The summed E-state index contributed by atoms with van der Waals surface area (Å²) < 4.78 is 0. The quantitative estimate of drug-likeness (QED) is 0.797. The summed E-state index contributed by atoms with van der Waals surface area (Å²) in [5.41, 5.74) is -0.0598. The minimum atomic E-state index is -0.0598.